The Morgan fingerprint density at radius 1 is 1.35 bits per heavy atom. The van der Waals surface area contributed by atoms with E-state index >= 15 is 0 Å². The molecule has 0 amide bonds. The normalized spacial score (nSPS) is 18.4. The summed E-state index contributed by atoms with van der Waals surface area (Å²) in [5.41, 5.74) is -0.466. The van der Waals surface area contributed by atoms with Gasteiger partial charge in [0.2, 0.25) is 0 Å². The molecule has 0 aliphatic heterocycles. The predicted molar refractivity (Wildman–Crippen MR) is 87.1 cm³/mol. The van der Waals surface area contributed by atoms with Crippen molar-refractivity contribution in [2.45, 2.75) is 65.5 Å². The fourth-order valence-corrected chi connectivity index (χ4v) is 4.01. The zero-order valence-electron chi connectivity index (χ0n) is 13.7. The molecule has 1 aliphatic rings. The number of rotatable bonds is 10. The maximum atomic E-state index is 12.5. The summed E-state index contributed by atoms with van der Waals surface area (Å²) in [7, 11) is 0. The van der Waals surface area contributed by atoms with Gasteiger partial charge in [0.15, 0.2) is 0 Å². The van der Waals surface area contributed by atoms with Crippen LogP contribution in [0.15, 0.2) is 0 Å². The highest BCUT2D eigenvalue weighted by atomic mass is 32.2. The summed E-state index contributed by atoms with van der Waals surface area (Å²) in [5.74, 6) is 3.08. The third-order valence-corrected chi connectivity index (χ3v) is 4.81. The van der Waals surface area contributed by atoms with Gasteiger partial charge in [-0.2, -0.15) is 11.8 Å². The molecule has 1 aliphatic carbocycles. The maximum Gasteiger partial charge on any atom is 0.327 e. The Morgan fingerprint density at radius 2 is 2.00 bits per heavy atom. The first-order chi connectivity index (χ1) is 9.42. The minimum absolute atomic E-state index is 0.0479. The van der Waals surface area contributed by atoms with E-state index in [-0.39, 0.29) is 5.97 Å². The van der Waals surface area contributed by atoms with Crippen molar-refractivity contribution >= 4 is 17.7 Å². The zero-order chi connectivity index (χ0) is 15.2. The maximum absolute atomic E-state index is 12.5. The molecule has 0 aromatic rings. The summed E-state index contributed by atoms with van der Waals surface area (Å²) in [6, 6.07) is 0.297. The van der Waals surface area contributed by atoms with Crippen LogP contribution in [0.1, 0.15) is 53.9 Å². The van der Waals surface area contributed by atoms with Gasteiger partial charge in [-0.1, -0.05) is 13.8 Å². The number of carbonyl (C=O) groups is 1. The second-order valence-electron chi connectivity index (χ2n) is 6.50. The van der Waals surface area contributed by atoms with Gasteiger partial charge in [-0.25, -0.2) is 0 Å². The number of hydrogen-bond acceptors (Lipinski definition) is 4. The van der Waals surface area contributed by atoms with Gasteiger partial charge in [0.25, 0.3) is 0 Å². The molecule has 0 saturated heterocycles. The van der Waals surface area contributed by atoms with E-state index in [0.29, 0.717) is 18.6 Å². The predicted octanol–water partition coefficient (Wildman–Crippen LogP) is 3.48. The second kappa shape index (κ2) is 8.28. The van der Waals surface area contributed by atoms with Crippen LogP contribution in [0.4, 0.5) is 0 Å². The molecule has 0 aromatic carbocycles. The van der Waals surface area contributed by atoms with Gasteiger partial charge in [0, 0.05) is 11.8 Å². The van der Waals surface area contributed by atoms with Crippen molar-refractivity contribution in [2.75, 3.05) is 18.1 Å². The molecular weight excluding hydrogens is 270 g/mol. The molecule has 1 fully saturated rings. The Balaban J connectivity index is 2.67. The monoisotopic (exact) mass is 301 g/mol. The van der Waals surface area contributed by atoms with Gasteiger partial charge in [0.05, 0.1) is 6.61 Å². The number of hydrogen-bond donors (Lipinski definition) is 1. The van der Waals surface area contributed by atoms with Crippen molar-refractivity contribution in [3.8, 4) is 0 Å². The van der Waals surface area contributed by atoms with E-state index in [1.807, 2.05) is 18.7 Å². The van der Waals surface area contributed by atoms with Crippen molar-refractivity contribution in [1.29, 1.82) is 0 Å². The summed E-state index contributed by atoms with van der Waals surface area (Å²) in [6.07, 6.45) is 3.49. The van der Waals surface area contributed by atoms with Crippen LogP contribution in [0.2, 0.25) is 0 Å². The lowest BCUT2D eigenvalue weighted by Crippen LogP contribution is -2.59. The Labute approximate surface area is 128 Å². The van der Waals surface area contributed by atoms with Gasteiger partial charge >= 0.3 is 5.97 Å². The average Bonchev–Trinajstić information content (AvgIpc) is 3.17. The van der Waals surface area contributed by atoms with E-state index in [2.05, 4.69) is 33.0 Å². The lowest BCUT2D eigenvalue weighted by molar-refractivity contribution is -0.151. The quantitative estimate of drug-likeness (QED) is 0.495. The van der Waals surface area contributed by atoms with E-state index in [0.717, 1.165) is 30.3 Å². The fourth-order valence-electron chi connectivity index (χ4n) is 2.47. The Morgan fingerprint density at radius 3 is 2.45 bits per heavy atom. The largest absolute Gasteiger partial charge is 0.465 e. The Hall–Kier alpha value is -0.220. The summed E-state index contributed by atoms with van der Waals surface area (Å²) in [5, 5.41) is 3.53. The number of thioether (sulfide) groups is 1. The third kappa shape index (κ3) is 5.28. The van der Waals surface area contributed by atoms with Crippen LogP contribution in [0.25, 0.3) is 0 Å². The van der Waals surface area contributed by atoms with Crippen molar-refractivity contribution in [3.05, 3.63) is 0 Å². The van der Waals surface area contributed by atoms with Crippen molar-refractivity contribution in [3.63, 3.8) is 0 Å². The summed E-state index contributed by atoms with van der Waals surface area (Å²) in [6.45, 7) is 11.0. The molecule has 1 atom stereocenters. The topological polar surface area (TPSA) is 38.3 Å². The van der Waals surface area contributed by atoms with E-state index in [4.69, 9.17) is 4.74 Å². The molecule has 0 spiro atoms. The first kappa shape index (κ1) is 17.8. The van der Waals surface area contributed by atoms with Crippen LogP contribution in [-0.4, -0.2) is 35.7 Å². The van der Waals surface area contributed by atoms with Crippen LogP contribution in [0, 0.1) is 11.8 Å². The van der Waals surface area contributed by atoms with Crippen molar-refractivity contribution < 1.29 is 9.53 Å². The first-order valence-electron chi connectivity index (χ1n) is 7.95. The molecule has 118 valence electrons. The number of carbonyl (C=O) groups excluding carboxylic acids is 1. The van der Waals surface area contributed by atoms with Gasteiger partial charge in [-0.15, -0.1) is 0 Å². The fraction of sp³-hybridized carbons (Fsp3) is 0.938. The van der Waals surface area contributed by atoms with Gasteiger partial charge in [-0.05, 0) is 57.6 Å². The molecule has 20 heavy (non-hydrogen) atoms. The van der Waals surface area contributed by atoms with Crippen molar-refractivity contribution in [1.82, 2.24) is 5.32 Å². The van der Waals surface area contributed by atoms with Gasteiger partial charge in [-0.3, -0.25) is 10.1 Å². The molecule has 0 heterocycles. The van der Waals surface area contributed by atoms with Crippen LogP contribution in [-0.2, 0) is 9.53 Å². The zero-order valence-corrected chi connectivity index (χ0v) is 14.5. The highest BCUT2D eigenvalue weighted by molar-refractivity contribution is 7.99. The third-order valence-electron chi connectivity index (χ3n) is 3.63. The molecular formula is C16H31NO2S. The molecule has 4 heteroatoms. The standard InChI is InChI=1S/C16H31NO2S/c1-6-19-15(18)16(14-7-8-14,17-13(4)5)11-20-10-9-12(2)3/h12-14,17H,6-11H2,1-5H3. The minimum Gasteiger partial charge on any atom is -0.465 e. The molecule has 1 N–H and O–H groups in total. The molecule has 1 rings (SSSR count). The Kier molecular flexibility index (Phi) is 7.38. The van der Waals surface area contributed by atoms with Crippen LogP contribution in [0.3, 0.4) is 0 Å². The number of ether oxygens (including phenoxy) is 1. The molecule has 3 nitrogen and oxygen atoms in total. The van der Waals surface area contributed by atoms with Gasteiger partial charge < -0.3 is 4.74 Å². The van der Waals surface area contributed by atoms with E-state index in [1.165, 1.54) is 6.42 Å². The summed E-state index contributed by atoms with van der Waals surface area (Å²) >= 11 is 1.89. The SMILES string of the molecule is CCOC(=O)C(CSCCC(C)C)(NC(C)C)C1CC1. The minimum atomic E-state index is -0.466. The smallest absolute Gasteiger partial charge is 0.327 e. The highest BCUT2D eigenvalue weighted by Gasteiger charge is 2.52. The first-order valence-corrected chi connectivity index (χ1v) is 9.10. The van der Waals surface area contributed by atoms with E-state index < -0.39 is 5.54 Å². The molecule has 0 radical (unpaired) electrons. The lowest BCUT2D eigenvalue weighted by atomic mass is 9.94. The summed E-state index contributed by atoms with van der Waals surface area (Å²) in [4.78, 5) is 12.5. The average molecular weight is 301 g/mol. The lowest BCUT2D eigenvalue weighted by Gasteiger charge is -2.34. The van der Waals surface area contributed by atoms with Crippen LogP contribution < -0.4 is 5.32 Å². The molecule has 0 aromatic heterocycles. The Bertz CT molecular complexity index is 303. The number of nitrogens with one attached hydrogen (secondary N) is 1. The second-order valence-corrected chi connectivity index (χ2v) is 7.61. The van der Waals surface area contributed by atoms with Crippen LogP contribution >= 0.6 is 11.8 Å². The summed E-state index contributed by atoms with van der Waals surface area (Å²) < 4.78 is 5.37. The molecule has 0 bridgehead atoms. The molecule has 1 unspecified atom stereocenters. The molecule has 1 saturated carbocycles. The van der Waals surface area contributed by atoms with E-state index in [9.17, 15) is 4.79 Å². The van der Waals surface area contributed by atoms with Crippen molar-refractivity contribution in [2.24, 2.45) is 11.8 Å². The highest BCUT2D eigenvalue weighted by Crippen LogP contribution is 2.42. The van der Waals surface area contributed by atoms with Crippen LogP contribution in [0.5, 0.6) is 0 Å². The van der Waals surface area contributed by atoms with Gasteiger partial charge in [0.1, 0.15) is 5.54 Å². The van der Waals surface area contributed by atoms with E-state index in [1.54, 1.807) is 0 Å². The number of esters is 1.